The van der Waals surface area contributed by atoms with Gasteiger partial charge >= 0.3 is 6.03 Å². The molecule has 3 rings (SSSR count). The van der Waals surface area contributed by atoms with Crippen LogP contribution in [0.1, 0.15) is 19.3 Å². The number of urea groups is 1. The number of ether oxygens (including phenoxy) is 1. The molecule has 0 spiro atoms. The summed E-state index contributed by atoms with van der Waals surface area (Å²) in [6.45, 7) is 0.543. The minimum absolute atomic E-state index is 0.0561. The summed E-state index contributed by atoms with van der Waals surface area (Å²) in [5.74, 6) is -0.621. The Kier molecular flexibility index (Phi) is 3.61. The number of carbonyl (C=O) groups excluding carboxylic acids is 2. The highest BCUT2D eigenvalue weighted by Crippen LogP contribution is 2.36. The topological polar surface area (TPSA) is 49.9 Å². The average molecular weight is 357 g/mol. The van der Waals surface area contributed by atoms with Gasteiger partial charge in [0, 0.05) is 12.6 Å². The summed E-state index contributed by atoms with van der Waals surface area (Å²) in [5.41, 5.74) is -0.0561. The molecule has 2 saturated heterocycles. The van der Waals surface area contributed by atoms with Crippen LogP contribution in [0.15, 0.2) is 16.6 Å². The summed E-state index contributed by atoms with van der Waals surface area (Å²) in [6, 6.07) is 1.66. The summed E-state index contributed by atoms with van der Waals surface area (Å²) < 4.78 is 19.7. The maximum Gasteiger partial charge on any atom is 0.332 e. The smallest absolute Gasteiger partial charge is 0.332 e. The van der Waals surface area contributed by atoms with E-state index < -0.39 is 17.9 Å². The molecule has 1 atom stereocenters. The second-order valence-corrected chi connectivity index (χ2v) is 5.95. The molecular formula is C14H14BrFN2O3. The Morgan fingerprint density at radius 1 is 1.33 bits per heavy atom. The number of amides is 3. The molecule has 2 heterocycles. The van der Waals surface area contributed by atoms with E-state index in [2.05, 4.69) is 15.9 Å². The number of fused-ring (bicyclic) bond motifs is 1. The van der Waals surface area contributed by atoms with Crippen LogP contribution in [0.5, 0.6) is 5.75 Å². The molecule has 21 heavy (non-hydrogen) atoms. The predicted molar refractivity (Wildman–Crippen MR) is 77.9 cm³/mol. The first-order valence-electron chi connectivity index (χ1n) is 6.72. The highest BCUT2D eigenvalue weighted by Gasteiger charge is 2.47. The van der Waals surface area contributed by atoms with Gasteiger partial charge in [-0.1, -0.05) is 0 Å². The zero-order valence-corrected chi connectivity index (χ0v) is 13.0. The Labute approximate surface area is 129 Å². The van der Waals surface area contributed by atoms with Crippen molar-refractivity contribution in [2.75, 3.05) is 18.6 Å². The van der Waals surface area contributed by atoms with Gasteiger partial charge in [0.1, 0.15) is 17.6 Å². The fourth-order valence-electron chi connectivity index (χ4n) is 2.86. The average Bonchev–Trinajstić information content (AvgIpc) is 2.72. The van der Waals surface area contributed by atoms with Crippen LogP contribution in [-0.2, 0) is 4.79 Å². The van der Waals surface area contributed by atoms with Crippen molar-refractivity contribution < 1.29 is 18.7 Å². The van der Waals surface area contributed by atoms with Gasteiger partial charge in [-0.25, -0.2) is 14.1 Å². The second-order valence-electron chi connectivity index (χ2n) is 5.10. The van der Waals surface area contributed by atoms with E-state index in [1.807, 2.05) is 0 Å². The van der Waals surface area contributed by atoms with E-state index >= 15 is 0 Å². The first-order chi connectivity index (χ1) is 10.0. The molecular weight excluding hydrogens is 343 g/mol. The Bertz CT molecular complexity index is 598. The fourth-order valence-corrected chi connectivity index (χ4v) is 3.33. The summed E-state index contributed by atoms with van der Waals surface area (Å²) >= 11 is 3.18. The lowest BCUT2D eigenvalue weighted by molar-refractivity contribution is -0.120. The van der Waals surface area contributed by atoms with E-state index in [1.54, 1.807) is 0 Å². The number of benzene rings is 1. The summed E-state index contributed by atoms with van der Waals surface area (Å²) in [6.07, 6.45) is 2.41. The summed E-state index contributed by atoms with van der Waals surface area (Å²) in [7, 11) is 1.44. The van der Waals surface area contributed by atoms with Gasteiger partial charge in [0.05, 0.1) is 17.3 Å². The molecule has 0 aromatic heterocycles. The Morgan fingerprint density at radius 2 is 2.10 bits per heavy atom. The zero-order valence-electron chi connectivity index (χ0n) is 11.4. The van der Waals surface area contributed by atoms with Crippen molar-refractivity contribution in [2.24, 2.45) is 0 Å². The zero-order chi connectivity index (χ0) is 15.1. The molecule has 0 radical (unpaired) electrons. The van der Waals surface area contributed by atoms with Gasteiger partial charge < -0.3 is 9.64 Å². The molecule has 3 amide bonds. The number of halogens is 2. The molecule has 5 nitrogen and oxygen atoms in total. The van der Waals surface area contributed by atoms with Crippen LogP contribution in [0.4, 0.5) is 14.9 Å². The molecule has 1 unspecified atom stereocenters. The minimum atomic E-state index is -0.635. The molecule has 0 N–H and O–H groups in total. The SMILES string of the molecule is COc1cc(N2C(=O)C3CCCCN3C2=O)c(F)cc1Br. The van der Waals surface area contributed by atoms with Gasteiger partial charge in [-0.2, -0.15) is 0 Å². The number of nitrogens with zero attached hydrogens (tertiary/aromatic N) is 2. The number of imide groups is 1. The van der Waals surface area contributed by atoms with Crippen LogP contribution in [0.2, 0.25) is 0 Å². The number of piperidine rings is 1. The minimum Gasteiger partial charge on any atom is -0.495 e. The Balaban J connectivity index is 2.04. The van der Waals surface area contributed by atoms with Crippen LogP contribution in [0.3, 0.4) is 0 Å². The third kappa shape index (κ3) is 2.19. The van der Waals surface area contributed by atoms with Gasteiger partial charge in [0.15, 0.2) is 0 Å². The molecule has 2 fully saturated rings. The maximum atomic E-state index is 14.2. The molecule has 2 aliphatic rings. The molecule has 0 aliphatic carbocycles. The largest absolute Gasteiger partial charge is 0.495 e. The molecule has 0 bridgehead atoms. The number of hydrogen-bond acceptors (Lipinski definition) is 3. The van der Waals surface area contributed by atoms with E-state index in [1.165, 1.54) is 24.1 Å². The van der Waals surface area contributed by atoms with Crippen LogP contribution in [0, 0.1) is 5.82 Å². The van der Waals surface area contributed by atoms with Gasteiger partial charge in [-0.05, 0) is 41.3 Å². The van der Waals surface area contributed by atoms with Crippen LogP contribution in [0.25, 0.3) is 0 Å². The van der Waals surface area contributed by atoms with Gasteiger partial charge in [-0.3, -0.25) is 4.79 Å². The number of hydrogen-bond donors (Lipinski definition) is 0. The third-order valence-corrected chi connectivity index (χ3v) is 4.53. The fraction of sp³-hybridized carbons (Fsp3) is 0.429. The van der Waals surface area contributed by atoms with Crippen molar-refractivity contribution in [3.8, 4) is 5.75 Å². The van der Waals surface area contributed by atoms with Crippen LogP contribution in [-0.4, -0.2) is 36.5 Å². The van der Waals surface area contributed by atoms with Gasteiger partial charge in [-0.15, -0.1) is 0 Å². The van der Waals surface area contributed by atoms with Crippen molar-refractivity contribution in [1.29, 1.82) is 0 Å². The van der Waals surface area contributed by atoms with E-state index in [4.69, 9.17) is 4.74 Å². The standard InChI is InChI=1S/C14H14BrFN2O3/c1-21-12-7-11(9(16)6-8(12)15)18-13(19)10-4-2-3-5-17(10)14(18)20/h6-7,10H,2-5H2,1H3. The number of carbonyl (C=O) groups is 2. The van der Waals surface area contributed by atoms with Crippen molar-refractivity contribution in [1.82, 2.24) is 4.90 Å². The lowest BCUT2D eigenvalue weighted by atomic mass is 10.0. The van der Waals surface area contributed by atoms with E-state index in [0.29, 0.717) is 23.2 Å². The van der Waals surface area contributed by atoms with Crippen molar-refractivity contribution in [3.05, 3.63) is 22.4 Å². The second kappa shape index (κ2) is 5.29. The normalized spacial score (nSPS) is 21.8. The Morgan fingerprint density at radius 3 is 2.76 bits per heavy atom. The van der Waals surface area contributed by atoms with E-state index in [0.717, 1.165) is 17.7 Å². The Hall–Kier alpha value is -1.63. The lowest BCUT2D eigenvalue weighted by Gasteiger charge is -2.25. The maximum absolute atomic E-state index is 14.2. The molecule has 2 aliphatic heterocycles. The highest BCUT2D eigenvalue weighted by atomic mass is 79.9. The molecule has 7 heteroatoms. The van der Waals surface area contributed by atoms with Crippen LogP contribution >= 0.6 is 15.9 Å². The van der Waals surface area contributed by atoms with Crippen LogP contribution < -0.4 is 9.64 Å². The molecule has 0 saturated carbocycles. The first kappa shape index (κ1) is 14.3. The monoisotopic (exact) mass is 356 g/mol. The number of rotatable bonds is 2. The summed E-state index contributed by atoms with van der Waals surface area (Å²) in [5, 5.41) is 0. The van der Waals surface area contributed by atoms with E-state index in [-0.39, 0.29) is 11.6 Å². The van der Waals surface area contributed by atoms with Crippen molar-refractivity contribution in [3.63, 3.8) is 0 Å². The van der Waals surface area contributed by atoms with E-state index in [9.17, 15) is 14.0 Å². The number of methoxy groups -OCH3 is 1. The van der Waals surface area contributed by atoms with Gasteiger partial charge in [0.25, 0.3) is 5.91 Å². The van der Waals surface area contributed by atoms with Gasteiger partial charge in [0.2, 0.25) is 0 Å². The quantitative estimate of drug-likeness (QED) is 0.765. The lowest BCUT2D eigenvalue weighted by Crippen LogP contribution is -2.39. The van der Waals surface area contributed by atoms with Crippen molar-refractivity contribution >= 4 is 33.6 Å². The third-order valence-electron chi connectivity index (χ3n) is 3.91. The summed E-state index contributed by atoms with van der Waals surface area (Å²) in [4.78, 5) is 27.3. The molecule has 1 aromatic carbocycles. The highest BCUT2D eigenvalue weighted by molar-refractivity contribution is 9.10. The first-order valence-corrected chi connectivity index (χ1v) is 7.51. The number of anilines is 1. The van der Waals surface area contributed by atoms with Crippen molar-refractivity contribution in [2.45, 2.75) is 25.3 Å². The molecule has 1 aromatic rings. The molecule has 112 valence electrons. The predicted octanol–water partition coefficient (Wildman–Crippen LogP) is 2.92.